The number of sulfonamides is 1. The molecule has 8 N–H and O–H groups in total. The number of primary sulfonamides is 1. The van der Waals surface area contributed by atoms with Gasteiger partial charge >= 0.3 is 0 Å². The van der Waals surface area contributed by atoms with Crippen LogP contribution in [0, 0.1) is 6.92 Å². The van der Waals surface area contributed by atoms with Crippen LogP contribution in [0.1, 0.15) is 5.56 Å². The summed E-state index contributed by atoms with van der Waals surface area (Å²) in [5.74, 6) is -0.190. The maximum atomic E-state index is 12.7. The summed E-state index contributed by atoms with van der Waals surface area (Å²) in [5.41, 5.74) is 10.6. The third kappa shape index (κ3) is 3.95. The number of nitrogen functional groups attached to an aromatic ring is 1. The zero-order valence-electron chi connectivity index (χ0n) is 15.3. The van der Waals surface area contributed by atoms with Crippen LogP contribution in [0.2, 0.25) is 0 Å². The van der Waals surface area contributed by atoms with Crippen LogP contribution in [0.3, 0.4) is 0 Å². The number of nitrogens with one attached hydrogen (secondary N) is 1. The number of hydrogen-bond acceptors (Lipinski definition) is 9. The van der Waals surface area contributed by atoms with Gasteiger partial charge in [0.2, 0.25) is 15.8 Å². The minimum absolute atomic E-state index is 0.0484. The lowest BCUT2D eigenvalue weighted by molar-refractivity contribution is -0.360. The van der Waals surface area contributed by atoms with Crippen molar-refractivity contribution in [3.8, 4) is 22.5 Å². The highest BCUT2D eigenvalue weighted by Gasteiger charge is 2.32. The van der Waals surface area contributed by atoms with Crippen LogP contribution in [0.25, 0.3) is 22.5 Å². The molecule has 1 aromatic carbocycles. The molecular formula is C15H19N8O4S2+. The molecule has 29 heavy (non-hydrogen) atoms. The van der Waals surface area contributed by atoms with E-state index < -0.39 is 29.7 Å². The number of aryl methyl sites for hydroxylation is 1. The lowest BCUT2D eigenvalue weighted by atomic mass is 9.99. The number of aromatic nitrogens is 5. The Labute approximate surface area is 166 Å². The molecule has 0 saturated carbocycles. The number of hydrogen-bond donors (Lipinski definition) is 4. The Morgan fingerprint density at radius 1 is 1.21 bits per heavy atom. The molecule has 12 nitrogen and oxygen atoms in total. The molecule has 14 heteroatoms. The molecule has 2 aromatic heterocycles. The first-order valence-corrected chi connectivity index (χ1v) is 11.4. The Morgan fingerprint density at radius 3 is 2.48 bits per heavy atom. The zero-order valence-corrected chi connectivity index (χ0v) is 17.0. The van der Waals surface area contributed by atoms with E-state index in [4.69, 9.17) is 10.9 Å². The number of nitrogens with zero attached hydrogens (tertiary/aromatic N) is 4. The maximum absolute atomic E-state index is 12.7. The van der Waals surface area contributed by atoms with Crippen molar-refractivity contribution in [2.75, 3.05) is 18.0 Å². The Kier molecular flexibility index (Phi) is 5.36. The van der Waals surface area contributed by atoms with E-state index in [-0.39, 0.29) is 23.7 Å². The van der Waals surface area contributed by atoms with Gasteiger partial charge in [0.05, 0.1) is 17.0 Å². The second kappa shape index (κ2) is 7.47. The van der Waals surface area contributed by atoms with Gasteiger partial charge in [0.1, 0.15) is 16.5 Å². The summed E-state index contributed by atoms with van der Waals surface area (Å²) in [6.45, 7) is 1.78. The quantitative estimate of drug-likeness (QED) is 0.350. The van der Waals surface area contributed by atoms with Crippen LogP contribution in [-0.2, 0) is 19.9 Å². The fourth-order valence-electron chi connectivity index (χ4n) is 2.85. The van der Waals surface area contributed by atoms with Crippen molar-refractivity contribution >= 4 is 25.7 Å². The van der Waals surface area contributed by atoms with Crippen molar-refractivity contribution in [2.24, 2.45) is 5.14 Å². The van der Waals surface area contributed by atoms with Crippen molar-refractivity contribution in [2.45, 2.75) is 16.7 Å². The third-order valence-corrected chi connectivity index (χ3v) is 7.11. The van der Waals surface area contributed by atoms with E-state index in [1.807, 2.05) is 0 Å². The molecule has 0 aliphatic rings. The van der Waals surface area contributed by atoms with Gasteiger partial charge in [-0.25, -0.2) is 27.0 Å². The fourth-order valence-corrected chi connectivity index (χ4v) is 5.68. The van der Waals surface area contributed by atoms with E-state index >= 15 is 0 Å². The van der Waals surface area contributed by atoms with Gasteiger partial charge in [-0.3, -0.25) is 0 Å². The number of pyridine rings is 1. The number of sulfone groups is 1. The normalized spacial score (nSPS) is 12.2. The molecule has 0 amide bonds. The van der Waals surface area contributed by atoms with Gasteiger partial charge in [-0.15, -0.1) is 10.2 Å². The van der Waals surface area contributed by atoms with Gasteiger partial charge in [0, 0.05) is 11.8 Å². The van der Waals surface area contributed by atoms with Gasteiger partial charge in [0.25, 0.3) is 0 Å². The fraction of sp³-hybridized carbons (Fsp3) is 0.200. The minimum Gasteiger partial charge on any atom is -0.383 e. The van der Waals surface area contributed by atoms with Crippen LogP contribution in [-0.4, -0.2) is 54.7 Å². The number of H-pyrrole nitrogens is 1. The molecule has 0 atom stereocenters. The predicted octanol–water partition coefficient (Wildman–Crippen LogP) is -1.52. The monoisotopic (exact) mass is 439 g/mol. The average molecular weight is 440 g/mol. The summed E-state index contributed by atoms with van der Waals surface area (Å²) < 4.78 is 50.4. The summed E-state index contributed by atoms with van der Waals surface area (Å²) in [5, 5.41) is 18.8. The van der Waals surface area contributed by atoms with Crippen LogP contribution in [0.5, 0.6) is 0 Å². The molecule has 154 valence electrons. The minimum atomic E-state index is -4.51. The zero-order chi connectivity index (χ0) is 21.4. The molecule has 3 aromatic rings. The molecule has 0 saturated heterocycles. The predicted molar refractivity (Wildman–Crippen MR) is 103 cm³/mol. The molecular weight excluding hydrogens is 420 g/mol. The molecule has 0 unspecified atom stereocenters. The molecule has 0 radical (unpaired) electrons. The van der Waals surface area contributed by atoms with E-state index in [1.54, 1.807) is 13.0 Å². The number of aromatic amines is 1. The first kappa shape index (κ1) is 20.8. The van der Waals surface area contributed by atoms with Crippen molar-refractivity contribution in [3.63, 3.8) is 0 Å². The number of rotatable bonds is 6. The highest BCUT2D eigenvalue weighted by atomic mass is 32.2. The van der Waals surface area contributed by atoms with Gasteiger partial charge in [-0.05, 0) is 35.4 Å². The molecule has 0 spiro atoms. The number of quaternary nitrogens is 1. The number of tetrazole rings is 1. The van der Waals surface area contributed by atoms with Crippen LogP contribution in [0.4, 0.5) is 5.82 Å². The van der Waals surface area contributed by atoms with E-state index in [1.165, 1.54) is 18.3 Å². The van der Waals surface area contributed by atoms with Crippen LogP contribution < -0.4 is 16.6 Å². The van der Waals surface area contributed by atoms with Crippen molar-refractivity contribution in [1.29, 1.82) is 0 Å². The third-order valence-electron chi connectivity index (χ3n) is 4.15. The summed E-state index contributed by atoms with van der Waals surface area (Å²) in [6.07, 6.45) is 1.43. The van der Waals surface area contributed by atoms with Gasteiger partial charge in [-0.1, -0.05) is 6.07 Å². The molecule has 0 fully saturated rings. The number of anilines is 1. The van der Waals surface area contributed by atoms with E-state index in [0.717, 1.165) is 0 Å². The highest BCUT2D eigenvalue weighted by Crippen LogP contribution is 2.39. The van der Waals surface area contributed by atoms with Crippen LogP contribution >= 0.6 is 0 Å². The largest absolute Gasteiger partial charge is 0.383 e. The lowest BCUT2D eigenvalue weighted by Crippen LogP contribution is -2.53. The van der Waals surface area contributed by atoms with Crippen molar-refractivity contribution < 1.29 is 22.6 Å². The lowest BCUT2D eigenvalue weighted by Gasteiger charge is -2.16. The summed E-state index contributed by atoms with van der Waals surface area (Å²) >= 11 is 0. The topological polar surface area (TPSA) is 215 Å². The van der Waals surface area contributed by atoms with E-state index in [0.29, 0.717) is 22.5 Å². The van der Waals surface area contributed by atoms with Gasteiger partial charge in [-0.2, -0.15) is 5.21 Å². The second-order valence-electron chi connectivity index (χ2n) is 6.19. The molecule has 3 rings (SSSR count). The van der Waals surface area contributed by atoms with E-state index in [9.17, 15) is 16.8 Å². The number of benzene rings is 1. The summed E-state index contributed by atoms with van der Waals surface area (Å²) in [7, 11) is -8.50. The van der Waals surface area contributed by atoms with Crippen molar-refractivity contribution in [1.82, 2.24) is 25.6 Å². The second-order valence-corrected chi connectivity index (χ2v) is 9.77. The van der Waals surface area contributed by atoms with Gasteiger partial charge < -0.3 is 11.5 Å². The van der Waals surface area contributed by atoms with Gasteiger partial charge in [0.15, 0.2) is 9.84 Å². The first-order chi connectivity index (χ1) is 13.6. The standard InChI is InChI=1S/C15H18N8O4S2/c1-8-6-9(7-19-14(8)17)10-2-3-11(28(24,25)5-4-16)13(29(18,26)27)12(10)15-20-22-23-21-15/h2-3,6-7H,4-5,16H2,1H3,(H2,17,19)(H2,18,26,27)(H,20,21,22,23)/p+1. The Morgan fingerprint density at radius 2 is 1.93 bits per heavy atom. The SMILES string of the molecule is Cc1cc(-c2ccc(S(=O)(=O)CC[NH3+])c(S(N)(=O)=O)c2-c2nn[nH]n2)cnc1N. The van der Waals surface area contributed by atoms with Crippen molar-refractivity contribution in [3.05, 3.63) is 30.0 Å². The summed E-state index contributed by atoms with van der Waals surface area (Å²) in [4.78, 5) is 3.01. The first-order valence-electron chi connectivity index (χ1n) is 8.24. The maximum Gasteiger partial charge on any atom is 0.240 e. The Balaban J connectivity index is 2.48. The Hall–Kier alpha value is -2.94. The molecule has 0 bridgehead atoms. The average Bonchev–Trinajstić information content (AvgIpc) is 3.16. The number of nitrogens with two attached hydrogens (primary N) is 2. The molecule has 0 aliphatic carbocycles. The molecule has 0 aliphatic heterocycles. The Bertz CT molecular complexity index is 1270. The smallest absolute Gasteiger partial charge is 0.240 e. The summed E-state index contributed by atoms with van der Waals surface area (Å²) in [6, 6.07) is 4.32. The molecule has 2 heterocycles. The highest BCUT2D eigenvalue weighted by molar-refractivity contribution is 7.93. The van der Waals surface area contributed by atoms with Crippen LogP contribution in [0.15, 0.2) is 34.2 Å². The van der Waals surface area contributed by atoms with E-state index in [2.05, 4.69) is 31.3 Å².